The average Bonchev–Trinajstić information content (AvgIpc) is 3.25. The molecule has 33 heavy (non-hydrogen) atoms. The van der Waals surface area contributed by atoms with Crippen LogP contribution >= 0.6 is 15.9 Å². The summed E-state index contributed by atoms with van der Waals surface area (Å²) in [5, 5.41) is 13.7. The number of methoxy groups -OCH3 is 1. The van der Waals surface area contributed by atoms with Gasteiger partial charge in [0, 0.05) is 35.9 Å². The highest BCUT2D eigenvalue weighted by Gasteiger charge is 2.43. The molecule has 7 nitrogen and oxygen atoms in total. The first-order valence-electron chi connectivity index (χ1n) is 11.2. The van der Waals surface area contributed by atoms with Crippen LogP contribution in [0.4, 0.5) is 0 Å². The van der Waals surface area contributed by atoms with E-state index in [1.165, 1.54) is 7.11 Å². The molecule has 1 aromatic rings. The average molecular weight is 520 g/mol. The van der Waals surface area contributed by atoms with Gasteiger partial charge >= 0.3 is 5.97 Å². The maximum Gasteiger partial charge on any atom is 0.336 e. The maximum atomic E-state index is 13.4. The molecule has 0 radical (unpaired) electrons. The molecule has 4 rings (SSSR count). The molecule has 0 aromatic heterocycles. The van der Waals surface area contributed by atoms with Gasteiger partial charge in [-0.15, -0.1) is 0 Å². The summed E-state index contributed by atoms with van der Waals surface area (Å²) < 4.78 is 17.0. The van der Waals surface area contributed by atoms with Gasteiger partial charge in [0.25, 0.3) is 0 Å². The van der Waals surface area contributed by atoms with Gasteiger partial charge in [-0.3, -0.25) is 4.79 Å². The van der Waals surface area contributed by atoms with E-state index in [0.717, 1.165) is 18.5 Å². The highest BCUT2D eigenvalue weighted by molar-refractivity contribution is 9.10. The van der Waals surface area contributed by atoms with Crippen LogP contribution in [0.2, 0.25) is 0 Å². The minimum absolute atomic E-state index is 0.00107. The van der Waals surface area contributed by atoms with Gasteiger partial charge in [-0.25, -0.2) is 4.79 Å². The predicted octanol–water partition coefficient (Wildman–Crippen LogP) is 4.49. The molecule has 0 amide bonds. The number of ether oxygens (including phenoxy) is 3. The zero-order chi connectivity index (χ0) is 23.9. The van der Waals surface area contributed by atoms with Gasteiger partial charge in [0.15, 0.2) is 17.3 Å². The molecule has 3 aliphatic rings. The van der Waals surface area contributed by atoms with E-state index in [0.29, 0.717) is 46.3 Å². The van der Waals surface area contributed by atoms with Gasteiger partial charge < -0.3 is 24.6 Å². The largest absolute Gasteiger partial charge is 0.503 e. The van der Waals surface area contributed by atoms with Gasteiger partial charge in [0.05, 0.1) is 23.3 Å². The number of rotatable bonds is 5. The zero-order valence-electron chi connectivity index (χ0n) is 19.4. The fourth-order valence-corrected chi connectivity index (χ4v) is 5.44. The quantitative estimate of drug-likeness (QED) is 0.553. The minimum atomic E-state index is -0.632. The lowest BCUT2D eigenvalue weighted by atomic mass is 9.68. The van der Waals surface area contributed by atoms with Crippen molar-refractivity contribution >= 4 is 27.7 Å². The van der Waals surface area contributed by atoms with E-state index >= 15 is 0 Å². The topological polar surface area (TPSA) is 94.1 Å². The van der Waals surface area contributed by atoms with Crippen LogP contribution in [-0.4, -0.2) is 43.3 Å². The molecule has 2 N–H and O–H groups in total. The van der Waals surface area contributed by atoms with Crippen molar-refractivity contribution < 1.29 is 28.9 Å². The van der Waals surface area contributed by atoms with E-state index in [9.17, 15) is 14.7 Å². The fourth-order valence-electron chi connectivity index (χ4n) is 4.98. The molecule has 2 unspecified atom stereocenters. The summed E-state index contributed by atoms with van der Waals surface area (Å²) in [5.74, 6) is -0.892. The second-order valence-corrected chi connectivity index (χ2v) is 10.6. The van der Waals surface area contributed by atoms with Gasteiger partial charge in [-0.1, -0.05) is 13.8 Å². The van der Waals surface area contributed by atoms with Gasteiger partial charge in [-0.2, -0.15) is 0 Å². The number of benzene rings is 1. The van der Waals surface area contributed by atoms with Crippen molar-refractivity contribution in [1.82, 2.24) is 5.32 Å². The monoisotopic (exact) mass is 519 g/mol. The Morgan fingerprint density at radius 1 is 1.33 bits per heavy atom. The third kappa shape index (κ3) is 4.68. The third-order valence-corrected chi connectivity index (χ3v) is 7.09. The first-order chi connectivity index (χ1) is 15.6. The van der Waals surface area contributed by atoms with Crippen LogP contribution in [0, 0.1) is 5.41 Å². The van der Waals surface area contributed by atoms with Gasteiger partial charge in [0.1, 0.15) is 6.61 Å². The summed E-state index contributed by atoms with van der Waals surface area (Å²) in [6.07, 6.45) is 2.79. The number of phenols is 1. The minimum Gasteiger partial charge on any atom is -0.503 e. The summed E-state index contributed by atoms with van der Waals surface area (Å²) >= 11 is 3.38. The first-order valence-corrected chi connectivity index (χ1v) is 12.0. The summed E-state index contributed by atoms with van der Waals surface area (Å²) in [6.45, 7) is 6.82. The molecule has 1 aliphatic carbocycles. The molecule has 178 valence electrons. The predicted molar refractivity (Wildman–Crippen MR) is 126 cm³/mol. The molecular formula is C25H30BrNO6. The number of esters is 1. The Labute approximate surface area is 202 Å². The SMILES string of the molecule is COc1cc(C2C(C(=O)OCC3CCCO3)=C(C)NC3=C2C(=O)CC(C)(C)C3)cc(Br)c1O. The van der Waals surface area contributed by atoms with E-state index < -0.39 is 11.9 Å². The van der Waals surface area contributed by atoms with Crippen LogP contribution in [0.3, 0.4) is 0 Å². The summed E-state index contributed by atoms with van der Waals surface area (Å²) in [6, 6.07) is 3.40. The molecule has 1 aromatic carbocycles. The number of allylic oxidation sites excluding steroid dienone is 3. The number of nitrogens with one attached hydrogen (secondary N) is 1. The Morgan fingerprint density at radius 2 is 2.09 bits per heavy atom. The second kappa shape index (κ2) is 9.14. The van der Waals surface area contributed by atoms with E-state index in [1.54, 1.807) is 12.1 Å². The number of phenolic OH excluding ortho intramolecular Hbond substituents is 1. The summed E-state index contributed by atoms with van der Waals surface area (Å²) in [7, 11) is 1.46. The highest BCUT2D eigenvalue weighted by atomic mass is 79.9. The van der Waals surface area contributed by atoms with Crippen molar-refractivity contribution in [1.29, 1.82) is 0 Å². The third-order valence-electron chi connectivity index (χ3n) is 6.49. The van der Waals surface area contributed by atoms with Crippen molar-refractivity contribution in [3.05, 3.63) is 44.7 Å². The number of hydrogen-bond acceptors (Lipinski definition) is 7. The molecular weight excluding hydrogens is 490 g/mol. The number of carbonyl (C=O) groups is 2. The molecule has 2 heterocycles. The highest BCUT2D eigenvalue weighted by Crippen LogP contribution is 2.49. The van der Waals surface area contributed by atoms with E-state index in [1.807, 2.05) is 6.92 Å². The van der Waals surface area contributed by atoms with Crippen LogP contribution in [0.1, 0.15) is 57.9 Å². The van der Waals surface area contributed by atoms with Crippen molar-refractivity contribution in [3.8, 4) is 11.5 Å². The number of hydrogen-bond donors (Lipinski definition) is 2. The molecule has 1 fully saturated rings. The Balaban J connectivity index is 1.79. The van der Waals surface area contributed by atoms with Crippen LogP contribution in [0.5, 0.6) is 11.5 Å². The molecule has 0 saturated carbocycles. The number of dihydropyridines is 1. The Bertz CT molecular complexity index is 1050. The molecule has 8 heteroatoms. The number of ketones is 1. The lowest BCUT2D eigenvalue weighted by Gasteiger charge is -2.39. The van der Waals surface area contributed by atoms with Crippen molar-refractivity contribution in [3.63, 3.8) is 0 Å². The van der Waals surface area contributed by atoms with Crippen LogP contribution in [0.25, 0.3) is 0 Å². The number of aromatic hydroxyl groups is 1. The molecule has 2 aliphatic heterocycles. The smallest absolute Gasteiger partial charge is 0.336 e. The number of carbonyl (C=O) groups excluding carboxylic acids is 2. The van der Waals surface area contributed by atoms with E-state index in [4.69, 9.17) is 14.2 Å². The standard InChI is InChI=1S/C25H30BrNO6/c1-13-20(24(30)33-12-15-6-5-7-32-15)21(14-8-16(26)23(29)19(9-14)31-4)22-17(27-13)10-25(2,3)11-18(22)28/h8-9,15,21,27,29H,5-7,10-12H2,1-4H3. The summed E-state index contributed by atoms with van der Waals surface area (Å²) in [4.78, 5) is 26.8. The van der Waals surface area contributed by atoms with Gasteiger partial charge in [0.2, 0.25) is 0 Å². The van der Waals surface area contributed by atoms with E-state index in [2.05, 4.69) is 35.1 Å². The summed E-state index contributed by atoms with van der Waals surface area (Å²) in [5.41, 5.74) is 2.94. The maximum absolute atomic E-state index is 13.4. The van der Waals surface area contributed by atoms with Crippen LogP contribution in [-0.2, 0) is 19.1 Å². The van der Waals surface area contributed by atoms with Crippen LogP contribution in [0.15, 0.2) is 39.1 Å². The molecule has 0 bridgehead atoms. The first kappa shape index (κ1) is 23.8. The molecule has 1 saturated heterocycles. The van der Waals surface area contributed by atoms with Gasteiger partial charge in [-0.05, 0) is 65.2 Å². The lowest BCUT2D eigenvalue weighted by Crippen LogP contribution is -2.39. The zero-order valence-corrected chi connectivity index (χ0v) is 21.0. The molecule has 0 spiro atoms. The Morgan fingerprint density at radius 3 is 2.76 bits per heavy atom. The van der Waals surface area contributed by atoms with Crippen LogP contribution < -0.4 is 10.1 Å². The number of halogens is 1. The number of Topliss-reactive ketones (excluding diaryl/α,β-unsaturated/α-hetero) is 1. The van der Waals surface area contributed by atoms with Crippen molar-refractivity contribution in [2.45, 2.75) is 58.5 Å². The second-order valence-electron chi connectivity index (χ2n) is 9.72. The van der Waals surface area contributed by atoms with Crippen molar-refractivity contribution in [2.24, 2.45) is 5.41 Å². The molecule has 2 atom stereocenters. The van der Waals surface area contributed by atoms with E-state index in [-0.39, 0.29) is 35.4 Å². The Hall–Kier alpha value is -2.32. The van der Waals surface area contributed by atoms with Crippen molar-refractivity contribution in [2.75, 3.05) is 20.3 Å². The lowest BCUT2D eigenvalue weighted by molar-refractivity contribution is -0.142. The Kier molecular flexibility index (Phi) is 6.60. The fraction of sp³-hybridized carbons (Fsp3) is 0.520. The normalized spacial score (nSPS) is 24.5.